The molecule has 0 aromatic rings. The second kappa shape index (κ2) is 6.70. The summed E-state index contributed by atoms with van der Waals surface area (Å²) in [6, 6.07) is 0. The Kier molecular flexibility index (Phi) is 4.95. The van der Waals surface area contributed by atoms with Crippen LogP contribution >= 0.6 is 0 Å². The van der Waals surface area contributed by atoms with Crippen LogP contribution in [0.2, 0.25) is 0 Å². The largest absolute Gasteiger partial charge is 0.376 e. The van der Waals surface area contributed by atoms with Crippen molar-refractivity contribution in [1.29, 1.82) is 0 Å². The fraction of sp³-hybridized carbons (Fsp3) is 0.833. The van der Waals surface area contributed by atoms with Crippen LogP contribution in [0.1, 0.15) is 19.3 Å². The van der Waals surface area contributed by atoms with E-state index in [0.717, 1.165) is 39.0 Å². The SMILES string of the molecule is O=C(NCC1CCCO1)C(=O)N1CCCNCC1. The molecule has 1 atom stereocenters. The monoisotopic (exact) mass is 255 g/mol. The lowest BCUT2D eigenvalue weighted by molar-refractivity contribution is -0.145. The van der Waals surface area contributed by atoms with Crippen molar-refractivity contribution in [3.63, 3.8) is 0 Å². The molecule has 0 aromatic carbocycles. The molecule has 0 aromatic heterocycles. The van der Waals surface area contributed by atoms with Gasteiger partial charge in [-0.25, -0.2) is 0 Å². The lowest BCUT2D eigenvalue weighted by Crippen LogP contribution is -2.46. The first-order chi connectivity index (χ1) is 8.77. The predicted octanol–water partition coefficient (Wildman–Crippen LogP) is -0.896. The molecule has 0 saturated carbocycles. The lowest BCUT2D eigenvalue weighted by Gasteiger charge is -2.19. The Hall–Kier alpha value is -1.14. The van der Waals surface area contributed by atoms with Crippen molar-refractivity contribution >= 4 is 11.8 Å². The zero-order valence-corrected chi connectivity index (χ0v) is 10.6. The van der Waals surface area contributed by atoms with Gasteiger partial charge in [0.05, 0.1) is 6.10 Å². The molecule has 0 radical (unpaired) electrons. The summed E-state index contributed by atoms with van der Waals surface area (Å²) in [5, 5.41) is 5.87. The Balaban J connectivity index is 1.74. The molecule has 2 fully saturated rings. The van der Waals surface area contributed by atoms with Crippen molar-refractivity contribution in [2.24, 2.45) is 0 Å². The Morgan fingerprint density at radius 3 is 2.94 bits per heavy atom. The van der Waals surface area contributed by atoms with E-state index in [2.05, 4.69) is 10.6 Å². The average molecular weight is 255 g/mol. The molecule has 2 aliphatic heterocycles. The Bertz CT molecular complexity index is 295. The summed E-state index contributed by atoms with van der Waals surface area (Å²) in [7, 11) is 0. The summed E-state index contributed by atoms with van der Waals surface area (Å²) in [5.41, 5.74) is 0. The summed E-state index contributed by atoms with van der Waals surface area (Å²) in [4.78, 5) is 25.2. The smallest absolute Gasteiger partial charge is 0.311 e. The van der Waals surface area contributed by atoms with Crippen LogP contribution in [0.5, 0.6) is 0 Å². The third kappa shape index (κ3) is 3.68. The van der Waals surface area contributed by atoms with E-state index in [1.54, 1.807) is 4.90 Å². The van der Waals surface area contributed by atoms with Crippen LogP contribution in [0.25, 0.3) is 0 Å². The molecular weight excluding hydrogens is 234 g/mol. The standard InChI is InChI=1S/C12H21N3O3/c16-11(14-9-10-3-1-8-18-10)12(17)15-6-2-4-13-5-7-15/h10,13H,1-9H2,(H,14,16). The van der Waals surface area contributed by atoms with Gasteiger partial charge >= 0.3 is 11.8 Å². The maximum Gasteiger partial charge on any atom is 0.311 e. The quantitative estimate of drug-likeness (QED) is 0.628. The number of hydrogen-bond acceptors (Lipinski definition) is 4. The van der Waals surface area contributed by atoms with E-state index < -0.39 is 11.8 Å². The van der Waals surface area contributed by atoms with Crippen LogP contribution in [-0.2, 0) is 14.3 Å². The third-order valence-corrected chi connectivity index (χ3v) is 3.34. The van der Waals surface area contributed by atoms with Gasteiger partial charge in [-0.2, -0.15) is 0 Å². The van der Waals surface area contributed by atoms with E-state index in [9.17, 15) is 9.59 Å². The van der Waals surface area contributed by atoms with E-state index in [1.807, 2.05) is 0 Å². The number of carbonyl (C=O) groups excluding carboxylic acids is 2. The number of rotatable bonds is 2. The van der Waals surface area contributed by atoms with Gasteiger partial charge in [-0.1, -0.05) is 0 Å². The van der Waals surface area contributed by atoms with E-state index in [0.29, 0.717) is 19.6 Å². The molecule has 6 heteroatoms. The first kappa shape index (κ1) is 13.3. The van der Waals surface area contributed by atoms with Crippen molar-refractivity contribution < 1.29 is 14.3 Å². The minimum Gasteiger partial charge on any atom is -0.376 e. The normalized spacial score (nSPS) is 24.7. The molecule has 2 amide bonds. The summed E-state index contributed by atoms with van der Waals surface area (Å²) >= 11 is 0. The fourth-order valence-electron chi connectivity index (χ4n) is 2.28. The molecule has 0 bridgehead atoms. The van der Waals surface area contributed by atoms with Crippen molar-refractivity contribution in [1.82, 2.24) is 15.5 Å². The van der Waals surface area contributed by atoms with Gasteiger partial charge in [-0.3, -0.25) is 9.59 Å². The summed E-state index contributed by atoms with van der Waals surface area (Å²) < 4.78 is 5.40. The maximum atomic E-state index is 11.9. The molecular formula is C12H21N3O3. The van der Waals surface area contributed by atoms with E-state index in [4.69, 9.17) is 4.74 Å². The van der Waals surface area contributed by atoms with Crippen LogP contribution in [0.4, 0.5) is 0 Å². The number of carbonyl (C=O) groups is 2. The van der Waals surface area contributed by atoms with Gasteiger partial charge in [0.2, 0.25) is 0 Å². The van der Waals surface area contributed by atoms with E-state index >= 15 is 0 Å². The van der Waals surface area contributed by atoms with Crippen molar-refractivity contribution in [3.8, 4) is 0 Å². The summed E-state index contributed by atoms with van der Waals surface area (Å²) in [6.07, 6.45) is 2.96. The summed E-state index contributed by atoms with van der Waals surface area (Å²) in [5.74, 6) is -0.927. The molecule has 1 unspecified atom stereocenters. The topological polar surface area (TPSA) is 70.7 Å². The highest BCUT2D eigenvalue weighted by molar-refractivity contribution is 6.35. The first-order valence-corrected chi connectivity index (χ1v) is 6.67. The molecule has 2 saturated heterocycles. The molecule has 2 N–H and O–H groups in total. The highest BCUT2D eigenvalue weighted by atomic mass is 16.5. The molecule has 0 aliphatic carbocycles. The average Bonchev–Trinajstić information content (AvgIpc) is 2.75. The van der Waals surface area contributed by atoms with Crippen LogP contribution in [0.3, 0.4) is 0 Å². The molecule has 2 heterocycles. The van der Waals surface area contributed by atoms with Crippen molar-refractivity contribution in [2.75, 3.05) is 39.3 Å². The van der Waals surface area contributed by atoms with E-state index in [-0.39, 0.29) is 6.10 Å². The number of amides is 2. The van der Waals surface area contributed by atoms with Gasteiger partial charge in [-0.05, 0) is 25.8 Å². The number of ether oxygens (including phenoxy) is 1. The Morgan fingerprint density at radius 1 is 1.28 bits per heavy atom. The zero-order chi connectivity index (χ0) is 12.8. The van der Waals surface area contributed by atoms with E-state index in [1.165, 1.54) is 0 Å². The molecule has 0 spiro atoms. The van der Waals surface area contributed by atoms with Gasteiger partial charge in [0, 0.05) is 32.8 Å². The van der Waals surface area contributed by atoms with Gasteiger partial charge in [-0.15, -0.1) is 0 Å². The Morgan fingerprint density at radius 2 is 2.17 bits per heavy atom. The minimum absolute atomic E-state index is 0.0764. The number of nitrogens with one attached hydrogen (secondary N) is 2. The third-order valence-electron chi connectivity index (χ3n) is 3.34. The summed E-state index contributed by atoms with van der Waals surface area (Å²) in [6.45, 7) is 4.11. The van der Waals surface area contributed by atoms with Crippen LogP contribution < -0.4 is 10.6 Å². The Labute approximate surface area is 107 Å². The number of hydrogen-bond donors (Lipinski definition) is 2. The highest BCUT2D eigenvalue weighted by Crippen LogP contribution is 2.10. The minimum atomic E-state index is -0.507. The second-order valence-electron chi connectivity index (χ2n) is 4.74. The molecule has 2 aliphatic rings. The van der Waals surface area contributed by atoms with Crippen LogP contribution in [-0.4, -0.2) is 62.1 Å². The van der Waals surface area contributed by atoms with Crippen molar-refractivity contribution in [2.45, 2.75) is 25.4 Å². The van der Waals surface area contributed by atoms with Gasteiger partial charge in [0.15, 0.2) is 0 Å². The fourth-order valence-corrected chi connectivity index (χ4v) is 2.28. The van der Waals surface area contributed by atoms with Gasteiger partial charge in [0.1, 0.15) is 0 Å². The van der Waals surface area contributed by atoms with Gasteiger partial charge in [0.25, 0.3) is 0 Å². The maximum absolute atomic E-state index is 11.9. The van der Waals surface area contributed by atoms with Gasteiger partial charge < -0.3 is 20.3 Å². The first-order valence-electron chi connectivity index (χ1n) is 6.67. The van der Waals surface area contributed by atoms with Crippen LogP contribution in [0, 0.1) is 0 Å². The predicted molar refractivity (Wildman–Crippen MR) is 66.1 cm³/mol. The lowest BCUT2D eigenvalue weighted by atomic mass is 10.2. The number of nitrogens with zero attached hydrogens (tertiary/aromatic N) is 1. The molecule has 2 rings (SSSR count). The van der Waals surface area contributed by atoms with Crippen LogP contribution in [0.15, 0.2) is 0 Å². The van der Waals surface area contributed by atoms with Crippen molar-refractivity contribution in [3.05, 3.63) is 0 Å². The molecule has 6 nitrogen and oxygen atoms in total. The zero-order valence-electron chi connectivity index (χ0n) is 10.6. The molecule has 102 valence electrons. The molecule has 18 heavy (non-hydrogen) atoms. The second-order valence-corrected chi connectivity index (χ2v) is 4.74. The highest BCUT2D eigenvalue weighted by Gasteiger charge is 2.24.